The van der Waals surface area contributed by atoms with Crippen molar-refractivity contribution in [3.05, 3.63) is 46.2 Å². The maximum Gasteiger partial charge on any atom is 0.267 e. The number of halogens is 1. The van der Waals surface area contributed by atoms with Gasteiger partial charge in [0, 0.05) is 17.5 Å². The van der Waals surface area contributed by atoms with E-state index in [1.165, 1.54) is 40.6 Å². The number of nitrogens with one attached hydrogen (secondary N) is 1. The monoisotopic (exact) mass is 361 g/mol. The fraction of sp³-hybridized carbons (Fsp3) is 0.250. The summed E-state index contributed by atoms with van der Waals surface area (Å²) >= 11 is 1.49. The van der Waals surface area contributed by atoms with Gasteiger partial charge in [-0.05, 0) is 31.2 Å². The lowest BCUT2D eigenvalue weighted by Gasteiger charge is -2.20. The van der Waals surface area contributed by atoms with Crippen molar-refractivity contribution in [2.24, 2.45) is 10.8 Å². The minimum absolute atomic E-state index is 0.0975. The number of primary amides is 1. The average Bonchev–Trinajstić information content (AvgIpc) is 3.20. The highest BCUT2D eigenvalue weighted by Gasteiger charge is 2.34. The smallest absolute Gasteiger partial charge is 0.267 e. The summed E-state index contributed by atoms with van der Waals surface area (Å²) in [5.74, 6) is -1.38. The molecule has 0 fully saturated rings. The topological polar surface area (TPSA) is 101 Å². The minimum Gasteiger partial charge on any atom is -0.368 e. The van der Waals surface area contributed by atoms with Gasteiger partial charge in [-0.25, -0.2) is 9.37 Å². The summed E-state index contributed by atoms with van der Waals surface area (Å²) < 4.78 is 13.1. The van der Waals surface area contributed by atoms with Gasteiger partial charge in [0.25, 0.3) is 5.91 Å². The molecule has 0 spiro atoms. The van der Waals surface area contributed by atoms with Gasteiger partial charge in [0.2, 0.25) is 5.91 Å². The van der Waals surface area contributed by atoms with Crippen LogP contribution in [0, 0.1) is 12.7 Å². The van der Waals surface area contributed by atoms with Gasteiger partial charge in [-0.3, -0.25) is 14.6 Å². The van der Waals surface area contributed by atoms with Crippen LogP contribution in [-0.4, -0.2) is 28.6 Å². The number of nitrogens with zero attached hydrogens (tertiary/aromatic N) is 3. The predicted octanol–water partition coefficient (Wildman–Crippen LogP) is 1.33. The molecule has 0 aliphatic carbocycles. The highest BCUT2D eigenvalue weighted by atomic mass is 32.1. The number of carbonyl (C=O) groups is 2. The zero-order chi connectivity index (χ0) is 18.0. The Labute approximate surface area is 147 Å². The second-order valence-corrected chi connectivity index (χ2v) is 6.84. The number of benzene rings is 1. The Bertz CT molecular complexity index is 833. The Morgan fingerprint density at radius 3 is 2.72 bits per heavy atom. The highest BCUT2D eigenvalue weighted by Crippen LogP contribution is 2.25. The van der Waals surface area contributed by atoms with Gasteiger partial charge in [0.15, 0.2) is 0 Å². The van der Waals surface area contributed by atoms with Gasteiger partial charge >= 0.3 is 0 Å². The minimum atomic E-state index is -0.781. The third-order valence-electron chi connectivity index (χ3n) is 3.68. The maximum absolute atomic E-state index is 13.1. The number of hydrogen-bond acceptors (Lipinski definition) is 6. The lowest BCUT2D eigenvalue weighted by molar-refractivity contribution is -0.119. The maximum atomic E-state index is 13.1. The molecule has 1 atom stereocenters. The van der Waals surface area contributed by atoms with E-state index in [0.29, 0.717) is 12.2 Å². The SMILES string of the molecule is Cc1ncc(CNC(=O)C2=NN(c3ccc(F)cc3)C(C(N)=O)C2)s1. The van der Waals surface area contributed by atoms with Crippen LogP contribution in [0.2, 0.25) is 0 Å². The second kappa shape index (κ2) is 6.98. The van der Waals surface area contributed by atoms with E-state index in [1.807, 2.05) is 6.92 Å². The molecule has 3 N–H and O–H groups in total. The zero-order valence-corrected chi connectivity index (χ0v) is 14.2. The van der Waals surface area contributed by atoms with Crippen molar-refractivity contribution < 1.29 is 14.0 Å². The standard InChI is InChI=1S/C16H16FN5O2S/c1-9-19-7-12(25-9)8-20-16(24)13-6-14(15(18)23)22(21-13)11-4-2-10(17)3-5-11/h2-5,7,14H,6,8H2,1H3,(H2,18,23)(H,20,24). The molecule has 2 amide bonds. The lowest BCUT2D eigenvalue weighted by atomic mass is 10.1. The van der Waals surface area contributed by atoms with Crippen LogP contribution in [0.4, 0.5) is 10.1 Å². The molecule has 1 aliphatic rings. The largest absolute Gasteiger partial charge is 0.368 e. The van der Waals surface area contributed by atoms with Crippen molar-refractivity contribution in [3.8, 4) is 0 Å². The van der Waals surface area contributed by atoms with E-state index in [9.17, 15) is 14.0 Å². The fourth-order valence-corrected chi connectivity index (χ4v) is 3.19. The second-order valence-electron chi connectivity index (χ2n) is 5.52. The van der Waals surface area contributed by atoms with E-state index in [2.05, 4.69) is 15.4 Å². The molecule has 0 saturated heterocycles. The Hall–Kier alpha value is -2.81. The highest BCUT2D eigenvalue weighted by molar-refractivity contribution is 7.11. The van der Waals surface area contributed by atoms with E-state index in [4.69, 9.17) is 5.73 Å². The van der Waals surface area contributed by atoms with Crippen LogP contribution in [0.3, 0.4) is 0 Å². The summed E-state index contributed by atoms with van der Waals surface area (Å²) in [6, 6.07) is 4.70. The summed E-state index contributed by atoms with van der Waals surface area (Å²) in [5, 5.41) is 9.24. The Morgan fingerprint density at radius 2 is 2.12 bits per heavy atom. The predicted molar refractivity (Wildman–Crippen MR) is 92.6 cm³/mol. The summed E-state index contributed by atoms with van der Waals surface area (Å²) in [5.41, 5.74) is 6.11. The number of rotatable bonds is 5. The molecular weight excluding hydrogens is 345 g/mol. The molecule has 25 heavy (non-hydrogen) atoms. The number of aromatic nitrogens is 1. The molecule has 2 heterocycles. The third kappa shape index (κ3) is 3.82. The summed E-state index contributed by atoms with van der Waals surface area (Å²) in [6.07, 6.45) is 1.80. The number of hydrogen-bond donors (Lipinski definition) is 2. The van der Waals surface area contributed by atoms with Crippen molar-refractivity contribution in [2.75, 3.05) is 5.01 Å². The molecular formula is C16H16FN5O2S. The van der Waals surface area contributed by atoms with Crippen LogP contribution >= 0.6 is 11.3 Å². The van der Waals surface area contributed by atoms with Crippen molar-refractivity contribution >= 4 is 34.6 Å². The number of thiazole rings is 1. The molecule has 0 saturated carbocycles. The molecule has 2 aromatic rings. The molecule has 130 valence electrons. The molecule has 1 unspecified atom stereocenters. The number of nitrogens with two attached hydrogens (primary N) is 1. The quantitative estimate of drug-likeness (QED) is 0.839. The van der Waals surface area contributed by atoms with Crippen molar-refractivity contribution in [1.82, 2.24) is 10.3 Å². The van der Waals surface area contributed by atoms with Crippen molar-refractivity contribution in [1.29, 1.82) is 0 Å². The van der Waals surface area contributed by atoms with Gasteiger partial charge in [0.1, 0.15) is 17.6 Å². The Kier molecular flexibility index (Phi) is 4.75. The molecule has 7 nitrogen and oxygen atoms in total. The third-order valence-corrected chi connectivity index (χ3v) is 4.60. The van der Waals surface area contributed by atoms with Crippen LogP contribution in [0.25, 0.3) is 0 Å². The van der Waals surface area contributed by atoms with Gasteiger partial charge in [-0.15, -0.1) is 11.3 Å². The number of amides is 2. The molecule has 0 radical (unpaired) electrons. The first-order valence-electron chi connectivity index (χ1n) is 7.55. The fourth-order valence-electron chi connectivity index (χ4n) is 2.46. The normalized spacial score (nSPS) is 16.6. The van der Waals surface area contributed by atoms with E-state index >= 15 is 0 Å². The average molecular weight is 361 g/mol. The van der Waals surface area contributed by atoms with E-state index in [1.54, 1.807) is 6.20 Å². The van der Waals surface area contributed by atoms with Gasteiger partial charge in [-0.1, -0.05) is 0 Å². The number of carbonyl (C=O) groups excluding carboxylic acids is 2. The first kappa shape index (κ1) is 17.0. The van der Waals surface area contributed by atoms with Gasteiger partial charge < -0.3 is 11.1 Å². The molecule has 1 aliphatic heterocycles. The molecule has 1 aromatic heterocycles. The molecule has 9 heteroatoms. The lowest BCUT2D eigenvalue weighted by Crippen LogP contribution is -2.39. The van der Waals surface area contributed by atoms with Crippen LogP contribution in [0.5, 0.6) is 0 Å². The van der Waals surface area contributed by atoms with Crippen LogP contribution in [-0.2, 0) is 16.1 Å². The van der Waals surface area contributed by atoms with Crippen LogP contribution in [0.1, 0.15) is 16.3 Å². The van der Waals surface area contributed by atoms with Crippen molar-refractivity contribution in [2.45, 2.75) is 25.9 Å². The number of aryl methyl sites for hydroxylation is 1. The van der Waals surface area contributed by atoms with Crippen LogP contribution in [0.15, 0.2) is 35.6 Å². The number of hydrazone groups is 1. The van der Waals surface area contributed by atoms with Gasteiger partial charge in [-0.2, -0.15) is 5.10 Å². The van der Waals surface area contributed by atoms with Crippen LogP contribution < -0.4 is 16.1 Å². The summed E-state index contributed by atoms with van der Waals surface area (Å²) in [4.78, 5) is 29.1. The Balaban J connectivity index is 1.74. The van der Waals surface area contributed by atoms with E-state index in [-0.39, 0.29) is 18.0 Å². The van der Waals surface area contributed by atoms with Gasteiger partial charge in [0.05, 0.1) is 17.2 Å². The van der Waals surface area contributed by atoms with Crippen molar-refractivity contribution in [3.63, 3.8) is 0 Å². The van der Waals surface area contributed by atoms with E-state index in [0.717, 1.165) is 9.88 Å². The zero-order valence-electron chi connectivity index (χ0n) is 13.4. The Morgan fingerprint density at radius 1 is 1.40 bits per heavy atom. The molecule has 1 aromatic carbocycles. The summed E-state index contributed by atoms with van der Waals surface area (Å²) in [7, 11) is 0. The first-order chi connectivity index (χ1) is 11.9. The number of anilines is 1. The summed E-state index contributed by atoms with van der Waals surface area (Å²) in [6.45, 7) is 2.22. The van der Waals surface area contributed by atoms with E-state index < -0.39 is 17.8 Å². The first-order valence-corrected chi connectivity index (χ1v) is 8.37. The molecule has 3 rings (SSSR count). The molecule has 0 bridgehead atoms.